The second kappa shape index (κ2) is 5.65. The van der Waals surface area contributed by atoms with Crippen LogP contribution in [0.4, 0.5) is 0 Å². The normalized spacial score (nSPS) is 12.7. The van der Waals surface area contributed by atoms with Gasteiger partial charge in [0.25, 0.3) is 0 Å². The number of hydrogen-bond donors (Lipinski definition) is 2. The van der Waals surface area contributed by atoms with E-state index in [4.69, 9.17) is 5.11 Å². The van der Waals surface area contributed by atoms with Gasteiger partial charge in [-0.15, -0.1) is 0 Å². The standard InChI is InChI=1S/C11H19N3O2/c1-4-12-10(11(15)16)5-6-14-7-8(2)13-9(14)3/h7,10,12H,4-6H2,1-3H3,(H,15,16). The van der Waals surface area contributed by atoms with E-state index in [9.17, 15) is 4.79 Å². The van der Waals surface area contributed by atoms with Gasteiger partial charge in [0, 0.05) is 12.7 Å². The second-order valence-electron chi connectivity index (χ2n) is 3.86. The Labute approximate surface area is 95.5 Å². The van der Waals surface area contributed by atoms with Gasteiger partial charge in [-0.05, 0) is 26.8 Å². The number of carbonyl (C=O) groups is 1. The molecule has 5 nitrogen and oxygen atoms in total. The molecule has 16 heavy (non-hydrogen) atoms. The maximum absolute atomic E-state index is 10.9. The van der Waals surface area contributed by atoms with Gasteiger partial charge in [-0.25, -0.2) is 4.98 Å². The van der Waals surface area contributed by atoms with Gasteiger partial charge >= 0.3 is 5.97 Å². The van der Waals surface area contributed by atoms with Crippen LogP contribution in [-0.4, -0.2) is 33.2 Å². The zero-order valence-electron chi connectivity index (χ0n) is 10.0. The lowest BCUT2D eigenvalue weighted by molar-refractivity contribution is -0.139. The van der Waals surface area contributed by atoms with Crippen molar-refractivity contribution in [3.63, 3.8) is 0 Å². The predicted molar refractivity (Wildman–Crippen MR) is 61.4 cm³/mol. The summed E-state index contributed by atoms with van der Waals surface area (Å²) in [5, 5.41) is 11.9. The second-order valence-corrected chi connectivity index (χ2v) is 3.86. The molecule has 0 aliphatic heterocycles. The number of nitrogens with one attached hydrogen (secondary N) is 1. The summed E-state index contributed by atoms with van der Waals surface area (Å²) >= 11 is 0. The molecule has 0 spiro atoms. The van der Waals surface area contributed by atoms with Crippen LogP contribution in [0.3, 0.4) is 0 Å². The quantitative estimate of drug-likeness (QED) is 0.756. The van der Waals surface area contributed by atoms with E-state index < -0.39 is 12.0 Å². The Kier molecular flexibility index (Phi) is 4.49. The Morgan fingerprint density at radius 1 is 1.62 bits per heavy atom. The van der Waals surface area contributed by atoms with Crippen molar-refractivity contribution in [2.45, 2.75) is 39.8 Å². The zero-order chi connectivity index (χ0) is 12.1. The number of nitrogens with zero attached hydrogens (tertiary/aromatic N) is 2. The van der Waals surface area contributed by atoms with Gasteiger partial charge < -0.3 is 15.0 Å². The highest BCUT2D eigenvalue weighted by Gasteiger charge is 2.15. The van der Waals surface area contributed by atoms with Crippen LogP contribution in [0, 0.1) is 13.8 Å². The van der Waals surface area contributed by atoms with Gasteiger partial charge in [0.2, 0.25) is 0 Å². The van der Waals surface area contributed by atoms with Crippen molar-refractivity contribution in [2.75, 3.05) is 6.54 Å². The van der Waals surface area contributed by atoms with E-state index in [0.29, 0.717) is 19.5 Å². The van der Waals surface area contributed by atoms with Crippen LogP contribution in [0.2, 0.25) is 0 Å². The molecule has 1 aromatic heterocycles. The molecule has 0 fully saturated rings. The predicted octanol–water partition coefficient (Wildman–Crippen LogP) is 0.953. The summed E-state index contributed by atoms with van der Waals surface area (Å²) in [5.74, 6) is 0.134. The van der Waals surface area contributed by atoms with Crippen molar-refractivity contribution >= 4 is 5.97 Å². The van der Waals surface area contributed by atoms with Gasteiger partial charge in [0.05, 0.1) is 5.69 Å². The van der Waals surface area contributed by atoms with Crippen LogP contribution in [0.25, 0.3) is 0 Å². The Balaban J connectivity index is 2.55. The lowest BCUT2D eigenvalue weighted by atomic mass is 10.2. The summed E-state index contributed by atoms with van der Waals surface area (Å²) in [6, 6.07) is -0.480. The van der Waals surface area contributed by atoms with E-state index in [-0.39, 0.29) is 0 Å². The maximum Gasteiger partial charge on any atom is 0.320 e. The third-order valence-corrected chi connectivity index (χ3v) is 2.50. The molecule has 0 aromatic carbocycles. The van der Waals surface area contributed by atoms with E-state index in [1.54, 1.807) is 0 Å². The molecule has 5 heteroatoms. The number of rotatable bonds is 6. The van der Waals surface area contributed by atoms with Crippen LogP contribution in [0.5, 0.6) is 0 Å². The van der Waals surface area contributed by atoms with Crippen LogP contribution in [0.1, 0.15) is 24.9 Å². The van der Waals surface area contributed by atoms with Gasteiger partial charge in [-0.3, -0.25) is 4.79 Å². The number of aryl methyl sites for hydroxylation is 3. The lowest BCUT2D eigenvalue weighted by Crippen LogP contribution is -2.37. The molecule has 1 aromatic rings. The SMILES string of the molecule is CCNC(CCn1cc(C)nc1C)C(=O)O. The third kappa shape index (κ3) is 3.34. The van der Waals surface area contributed by atoms with Crippen molar-refractivity contribution in [3.8, 4) is 0 Å². The third-order valence-electron chi connectivity index (χ3n) is 2.50. The molecule has 0 saturated heterocycles. The fourth-order valence-corrected chi connectivity index (χ4v) is 1.72. The summed E-state index contributed by atoms with van der Waals surface area (Å²) in [5.41, 5.74) is 0.966. The Morgan fingerprint density at radius 2 is 2.31 bits per heavy atom. The summed E-state index contributed by atoms with van der Waals surface area (Å²) < 4.78 is 1.99. The Morgan fingerprint density at radius 3 is 2.75 bits per heavy atom. The molecule has 0 bridgehead atoms. The van der Waals surface area contributed by atoms with Crippen molar-refractivity contribution in [1.82, 2.24) is 14.9 Å². The maximum atomic E-state index is 10.9. The van der Waals surface area contributed by atoms with E-state index >= 15 is 0 Å². The van der Waals surface area contributed by atoms with E-state index in [0.717, 1.165) is 11.5 Å². The fourth-order valence-electron chi connectivity index (χ4n) is 1.72. The molecule has 2 N–H and O–H groups in total. The Bertz CT molecular complexity index is 360. The van der Waals surface area contributed by atoms with Gasteiger partial charge in [-0.1, -0.05) is 6.92 Å². The number of carboxylic acid groups (broad SMARTS) is 1. The monoisotopic (exact) mass is 225 g/mol. The largest absolute Gasteiger partial charge is 0.480 e. The minimum absolute atomic E-state index is 0.480. The van der Waals surface area contributed by atoms with Crippen LogP contribution in [0.15, 0.2) is 6.20 Å². The minimum atomic E-state index is -0.795. The number of aromatic nitrogens is 2. The number of aliphatic carboxylic acids is 1. The van der Waals surface area contributed by atoms with Crippen molar-refractivity contribution in [3.05, 3.63) is 17.7 Å². The summed E-state index contributed by atoms with van der Waals surface area (Å²) in [7, 11) is 0. The first-order chi connectivity index (χ1) is 7.54. The average Bonchev–Trinajstić information content (AvgIpc) is 2.51. The summed E-state index contributed by atoms with van der Waals surface area (Å²) in [6.07, 6.45) is 2.51. The molecule has 0 radical (unpaired) electrons. The number of carboxylic acids is 1. The molecular weight excluding hydrogens is 206 g/mol. The summed E-state index contributed by atoms with van der Waals surface area (Å²) in [4.78, 5) is 15.2. The molecule has 0 amide bonds. The first-order valence-electron chi connectivity index (χ1n) is 5.51. The lowest BCUT2D eigenvalue weighted by Gasteiger charge is -2.13. The van der Waals surface area contributed by atoms with Crippen molar-refractivity contribution < 1.29 is 9.90 Å². The summed E-state index contributed by atoms with van der Waals surface area (Å²) in [6.45, 7) is 7.11. The van der Waals surface area contributed by atoms with Crippen LogP contribution >= 0.6 is 0 Å². The highest BCUT2D eigenvalue weighted by atomic mass is 16.4. The van der Waals surface area contributed by atoms with Crippen LogP contribution < -0.4 is 5.32 Å². The van der Waals surface area contributed by atoms with Gasteiger partial charge in [-0.2, -0.15) is 0 Å². The number of likely N-dealkylation sites (N-methyl/N-ethyl adjacent to an activating group) is 1. The first kappa shape index (κ1) is 12.7. The highest BCUT2D eigenvalue weighted by molar-refractivity contribution is 5.73. The van der Waals surface area contributed by atoms with E-state index in [2.05, 4.69) is 10.3 Å². The highest BCUT2D eigenvalue weighted by Crippen LogP contribution is 2.04. The van der Waals surface area contributed by atoms with E-state index in [1.807, 2.05) is 31.5 Å². The number of imidazole rings is 1. The molecule has 1 heterocycles. The molecule has 0 aliphatic rings. The fraction of sp³-hybridized carbons (Fsp3) is 0.636. The molecular formula is C11H19N3O2. The molecule has 0 aliphatic carbocycles. The molecule has 1 atom stereocenters. The Hall–Kier alpha value is -1.36. The van der Waals surface area contributed by atoms with Crippen molar-refractivity contribution in [1.29, 1.82) is 0 Å². The van der Waals surface area contributed by atoms with Gasteiger partial charge in [0.15, 0.2) is 0 Å². The molecule has 1 unspecified atom stereocenters. The smallest absolute Gasteiger partial charge is 0.320 e. The molecule has 0 saturated carbocycles. The van der Waals surface area contributed by atoms with E-state index in [1.165, 1.54) is 0 Å². The van der Waals surface area contributed by atoms with Crippen molar-refractivity contribution in [2.24, 2.45) is 0 Å². The zero-order valence-corrected chi connectivity index (χ0v) is 10.0. The number of hydrogen-bond acceptors (Lipinski definition) is 3. The topological polar surface area (TPSA) is 67.2 Å². The van der Waals surface area contributed by atoms with Crippen LogP contribution in [-0.2, 0) is 11.3 Å². The van der Waals surface area contributed by atoms with Gasteiger partial charge in [0.1, 0.15) is 11.9 Å². The average molecular weight is 225 g/mol. The minimum Gasteiger partial charge on any atom is -0.480 e. The molecule has 90 valence electrons. The first-order valence-corrected chi connectivity index (χ1v) is 5.51. The molecule has 1 rings (SSSR count).